The van der Waals surface area contributed by atoms with Crippen molar-refractivity contribution in [2.24, 2.45) is 10.2 Å². The second-order valence-electron chi connectivity index (χ2n) is 5.57. The smallest absolute Gasteiger partial charge is 0.132 e. The van der Waals surface area contributed by atoms with Crippen LogP contribution in [0.2, 0.25) is 0 Å². The van der Waals surface area contributed by atoms with E-state index in [1.54, 1.807) is 31.5 Å². The van der Waals surface area contributed by atoms with Crippen LogP contribution in [0.3, 0.4) is 0 Å². The first-order valence-electron chi connectivity index (χ1n) is 7.62. The third kappa shape index (κ3) is 2.46. The topological polar surface area (TPSA) is 62.6 Å². The first kappa shape index (κ1) is 14.6. The van der Waals surface area contributed by atoms with Gasteiger partial charge in [-0.25, -0.2) is 9.37 Å². The summed E-state index contributed by atoms with van der Waals surface area (Å²) in [6, 6.07) is 10.2. The van der Waals surface area contributed by atoms with Crippen LogP contribution in [0, 0.1) is 5.82 Å². The van der Waals surface area contributed by atoms with Crippen LogP contribution >= 0.6 is 0 Å². The summed E-state index contributed by atoms with van der Waals surface area (Å²) >= 11 is 0. The van der Waals surface area contributed by atoms with E-state index >= 15 is 0 Å². The summed E-state index contributed by atoms with van der Waals surface area (Å²) in [4.78, 5) is 7.85. The lowest BCUT2D eigenvalue weighted by atomic mass is 10.0. The highest BCUT2D eigenvalue weighted by atomic mass is 19.1. The maximum absolute atomic E-state index is 14.0. The van der Waals surface area contributed by atoms with Gasteiger partial charge in [0.25, 0.3) is 0 Å². The number of fused-ring (bicyclic) bond motifs is 1. The summed E-state index contributed by atoms with van der Waals surface area (Å²) in [5.74, 6) is 0.484. The molecule has 1 atom stereocenters. The molecule has 4 rings (SSSR count). The highest BCUT2D eigenvalue weighted by Gasteiger charge is 2.21. The zero-order valence-corrected chi connectivity index (χ0v) is 13.0. The SMILES string of the molecule is COC1=CN=NC(c2c[nH]c3ccc(-c4ccccc4F)nc23)C1. The van der Waals surface area contributed by atoms with Crippen LogP contribution in [0.5, 0.6) is 0 Å². The van der Waals surface area contributed by atoms with E-state index in [2.05, 4.69) is 20.2 Å². The highest BCUT2D eigenvalue weighted by molar-refractivity contribution is 5.82. The average molecular weight is 322 g/mol. The normalized spacial score (nSPS) is 17.1. The molecule has 0 aliphatic carbocycles. The average Bonchev–Trinajstić information content (AvgIpc) is 3.05. The van der Waals surface area contributed by atoms with Gasteiger partial charge in [-0.15, -0.1) is 0 Å². The first-order valence-corrected chi connectivity index (χ1v) is 7.62. The van der Waals surface area contributed by atoms with E-state index in [9.17, 15) is 4.39 Å². The molecule has 1 aliphatic heterocycles. The van der Waals surface area contributed by atoms with Crippen molar-refractivity contribution in [3.63, 3.8) is 0 Å². The number of benzene rings is 1. The molecule has 0 fully saturated rings. The molecular weight excluding hydrogens is 307 g/mol. The standard InChI is InChI=1S/C18H15FN4O/c1-24-11-8-17(23-21-9-11)13-10-20-16-7-6-15(22-18(13)16)12-4-2-3-5-14(12)19/h2-7,9-10,17,20H,8H2,1H3. The van der Waals surface area contributed by atoms with Crippen LogP contribution < -0.4 is 0 Å². The summed E-state index contributed by atoms with van der Waals surface area (Å²) in [5.41, 5.74) is 3.66. The molecule has 1 aromatic carbocycles. The Morgan fingerprint density at radius 1 is 1.21 bits per heavy atom. The zero-order chi connectivity index (χ0) is 16.5. The van der Waals surface area contributed by atoms with Crippen LogP contribution in [0.15, 0.2) is 64.8 Å². The molecule has 0 saturated carbocycles. The van der Waals surface area contributed by atoms with E-state index in [0.717, 1.165) is 22.4 Å². The molecule has 5 nitrogen and oxygen atoms in total. The van der Waals surface area contributed by atoms with Crippen LogP contribution in [0.1, 0.15) is 18.0 Å². The Morgan fingerprint density at radius 3 is 2.92 bits per heavy atom. The van der Waals surface area contributed by atoms with E-state index in [1.165, 1.54) is 6.07 Å². The summed E-state index contributed by atoms with van der Waals surface area (Å²) in [6.45, 7) is 0. The molecule has 3 aromatic rings. The quantitative estimate of drug-likeness (QED) is 0.756. The van der Waals surface area contributed by atoms with E-state index < -0.39 is 0 Å². The number of rotatable bonds is 3. The summed E-state index contributed by atoms with van der Waals surface area (Å²) in [5, 5.41) is 8.28. The van der Waals surface area contributed by atoms with Crippen molar-refractivity contribution < 1.29 is 9.13 Å². The Bertz CT molecular complexity index is 961. The van der Waals surface area contributed by atoms with Crippen molar-refractivity contribution in [1.82, 2.24) is 9.97 Å². The molecule has 6 heteroatoms. The predicted molar refractivity (Wildman–Crippen MR) is 88.8 cm³/mol. The van der Waals surface area contributed by atoms with Gasteiger partial charge in [-0.2, -0.15) is 10.2 Å². The largest absolute Gasteiger partial charge is 0.499 e. The van der Waals surface area contributed by atoms with Crippen molar-refractivity contribution in [2.75, 3.05) is 7.11 Å². The van der Waals surface area contributed by atoms with Gasteiger partial charge in [0.2, 0.25) is 0 Å². The highest BCUT2D eigenvalue weighted by Crippen LogP contribution is 2.34. The predicted octanol–water partition coefficient (Wildman–Crippen LogP) is 4.75. The van der Waals surface area contributed by atoms with E-state index in [-0.39, 0.29) is 11.9 Å². The fraction of sp³-hybridized carbons (Fsp3) is 0.167. The number of halogens is 1. The maximum atomic E-state index is 14.0. The summed E-state index contributed by atoms with van der Waals surface area (Å²) in [7, 11) is 1.62. The van der Waals surface area contributed by atoms with Gasteiger partial charge in [-0.1, -0.05) is 12.1 Å². The van der Waals surface area contributed by atoms with Crippen LogP contribution in [-0.4, -0.2) is 17.1 Å². The van der Waals surface area contributed by atoms with Crippen molar-refractivity contribution >= 4 is 11.0 Å². The number of aromatic nitrogens is 2. The number of pyridine rings is 1. The molecule has 0 bridgehead atoms. The zero-order valence-electron chi connectivity index (χ0n) is 13.0. The Labute approximate surface area is 137 Å². The van der Waals surface area contributed by atoms with E-state index in [0.29, 0.717) is 17.7 Å². The minimum Gasteiger partial charge on any atom is -0.499 e. The second kappa shape index (κ2) is 5.88. The number of nitrogens with one attached hydrogen (secondary N) is 1. The second-order valence-corrected chi connectivity index (χ2v) is 5.57. The fourth-order valence-corrected chi connectivity index (χ4v) is 2.86. The number of hydrogen-bond donors (Lipinski definition) is 1. The van der Waals surface area contributed by atoms with Gasteiger partial charge >= 0.3 is 0 Å². The lowest BCUT2D eigenvalue weighted by Gasteiger charge is -2.15. The number of H-pyrrole nitrogens is 1. The number of nitrogens with zero attached hydrogens (tertiary/aromatic N) is 3. The summed E-state index contributed by atoms with van der Waals surface area (Å²) < 4.78 is 19.3. The fourth-order valence-electron chi connectivity index (χ4n) is 2.86. The van der Waals surface area contributed by atoms with Gasteiger partial charge < -0.3 is 9.72 Å². The molecule has 0 amide bonds. The van der Waals surface area contributed by atoms with Crippen molar-refractivity contribution in [3.05, 3.63) is 65.9 Å². The van der Waals surface area contributed by atoms with Gasteiger partial charge in [-0.3, -0.25) is 0 Å². The third-order valence-corrected chi connectivity index (χ3v) is 4.13. The molecule has 24 heavy (non-hydrogen) atoms. The molecule has 0 spiro atoms. The Kier molecular flexibility index (Phi) is 3.57. The first-order chi connectivity index (χ1) is 11.8. The van der Waals surface area contributed by atoms with Crippen LogP contribution in [0.4, 0.5) is 4.39 Å². The minimum absolute atomic E-state index is 0.165. The minimum atomic E-state index is -0.289. The maximum Gasteiger partial charge on any atom is 0.132 e. The summed E-state index contributed by atoms with van der Waals surface area (Å²) in [6.07, 6.45) is 4.12. The van der Waals surface area contributed by atoms with Crippen LogP contribution in [-0.2, 0) is 4.74 Å². The van der Waals surface area contributed by atoms with Gasteiger partial charge in [0.1, 0.15) is 17.6 Å². The lowest BCUT2D eigenvalue weighted by Crippen LogP contribution is -2.02. The number of azo groups is 1. The molecule has 0 saturated heterocycles. The van der Waals surface area contributed by atoms with Gasteiger partial charge in [0, 0.05) is 23.7 Å². The number of ether oxygens (including phenoxy) is 1. The molecule has 3 heterocycles. The Hall–Kier alpha value is -3.02. The molecule has 120 valence electrons. The van der Waals surface area contributed by atoms with Gasteiger partial charge in [0.15, 0.2) is 0 Å². The molecule has 1 aliphatic rings. The molecular formula is C18H15FN4O. The van der Waals surface area contributed by atoms with Gasteiger partial charge in [-0.05, 0) is 24.3 Å². The van der Waals surface area contributed by atoms with Crippen molar-refractivity contribution in [2.45, 2.75) is 12.5 Å². The van der Waals surface area contributed by atoms with Crippen LogP contribution in [0.25, 0.3) is 22.3 Å². The Balaban J connectivity index is 1.79. The van der Waals surface area contributed by atoms with Crippen molar-refractivity contribution in [1.29, 1.82) is 0 Å². The Morgan fingerprint density at radius 2 is 2.08 bits per heavy atom. The van der Waals surface area contributed by atoms with Crippen molar-refractivity contribution in [3.8, 4) is 11.3 Å². The molecule has 2 aromatic heterocycles. The van der Waals surface area contributed by atoms with E-state index in [1.807, 2.05) is 18.3 Å². The molecule has 1 N–H and O–H groups in total. The molecule has 1 unspecified atom stereocenters. The number of aromatic amines is 1. The number of methoxy groups -OCH3 is 1. The molecule has 0 radical (unpaired) electrons. The monoisotopic (exact) mass is 322 g/mol. The third-order valence-electron chi connectivity index (χ3n) is 4.13. The lowest BCUT2D eigenvalue weighted by molar-refractivity contribution is 0.264. The van der Waals surface area contributed by atoms with E-state index in [4.69, 9.17) is 4.74 Å². The number of hydrogen-bond acceptors (Lipinski definition) is 4. The van der Waals surface area contributed by atoms with Gasteiger partial charge in [0.05, 0.1) is 30.0 Å².